The van der Waals surface area contributed by atoms with Gasteiger partial charge in [-0.1, -0.05) is 42.5 Å². The van der Waals surface area contributed by atoms with E-state index in [0.29, 0.717) is 12.0 Å². The van der Waals surface area contributed by atoms with Crippen molar-refractivity contribution >= 4 is 11.8 Å². The molecule has 3 aliphatic carbocycles. The summed E-state index contributed by atoms with van der Waals surface area (Å²) in [4.78, 5) is 0. The Morgan fingerprint density at radius 3 is 2.73 bits per heavy atom. The van der Waals surface area contributed by atoms with Gasteiger partial charge in [0.05, 0.1) is 5.92 Å². The van der Waals surface area contributed by atoms with E-state index in [1.165, 1.54) is 33.7 Å². The van der Waals surface area contributed by atoms with Gasteiger partial charge in [-0.3, -0.25) is 0 Å². The van der Waals surface area contributed by atoms with Gasteiger partial charge in [0.2, 0.25) is 0 Å². The first-order chi connectivity index (χ1) is 14.7. The molecule has 2 aliphatic heterocycles. The molecule has 1 aromatic heterocycles. The fourth-order valence-corrected chi connectivity index (χ4v) is 6.26. The summed E-state index contributed by atoms with van der Waals surface area (Å²) in [6, 6.07) is 8.94. The van der Waals surface area contributed by atoms with E-state index in [1.54, 1.807) is 0 Å². The van der Waals surface area contributed by atoms with Crippen LogP contribution in [0.2, 0.25) is 0 Å². The average Bonchev–Trinajstić information content (AvgIpc) is 3.41. The van der Waals surface area contributed by atoms with Crippen molar-refractivity contribution in [2.45, 2.75) is 50.9 Å². The van der Waals surface area contributed by atoms with Crippen molar-refractivity contribution < 1.29 is 9.47 Å². The minimum Gasteiger partial charge on any atom is -0.485 e. The van der Waals surface area contributed by atoms with Gasteiger partial charge in [0, 0.05) is 40.0 Å². The number of benzene rings is 1. The highest BCUT2D eigenvalue weighted by Gasteiger charge is 2.45. The largest absolute Gasteiger partial charge is 0.485 e. The molecular weight excluding hydrogens is 370 g/mol. The van der Waals surface area contributed by atoms with E-state index in [2.05, 4.69) is 79.1 Å². The van der Waals surface area contributed by atoms with Crippen molar-refractivity contribution in [3.63, 3.8) is 0 Å². The zero-order valence-corrected chi connectivity index (χ0v) is 17.3. The summed E-state index contributed by atoms with van der Waals surface area (Å²) < 4.78 is 15.5. The Hall–Kier alpha value is -2.94. The second kappa shape index (κ2) is 5.81. The third-order valence-electron chi connectivity index (χ3n) is 7.38. The van der Waals surface area contributed by atoms with Crippen LogP contribution >= 0.6 is 0 Å². The summed E-state index contributed by atoms with van der Waals surface area (Å²) >= 11 is 0. The molecule has 3 heteroatoms. The Kier molecular flexibility index (Phi) is 3.26. The van der Waals surface area contributed by atoms with E-state index >= 15 is 0 Å². The van der Waals surface area contributed by atoms with E-state index < -0.39 is 0 Å². The van der Waals surface area contributed by atoms with Crippen LogP contribution in [0.25, 0.3) is 11.8 Å². The molecule has 0 fully saturated rings. The molecule has 2 aromatic rings. The Morgan fingerprint density at radius 1 is 0.967 bits per heavy atom. The van der Waals surface area contributed by atoms with Gasteiger partial charge in [0.25, 0.3) is 0 Å². The van der Waals surface area contributed by atoms with E-state index in [9.17, 15) is 0 Å². The highest BCUT2D eigenvalue weighted by atomic mass is 16.5. The fraction of sp³-hybridized carbons (Fsp3) is 0.333. The Bertz CT molecular complexity index is 1210. The lowest BCUT2D eigenvalue weighted by Crippen LogP contribution is -2.24. The molecule has 0 saturated heterocycles. The molecule has 0 N–H and O–H groups in total. The van der Waals surface area contributed by atoms with E-state index in [-0.39, 0.29) is 18.1 Å². The monoisotopic (exact) mass is 395 g/mol. The fourth-order valence-electron chi connectivity index (χ4n) is 6.26. The topological polar surface area (TPSA) is 23.4 Å². The third-order valence-corrected chi connectivity index (χ3v) is 7.38. The zero-order valence-electron chi connectivity index (χ0n) is 17.3. The second-order valence-electron chi connectivity index (χ2n) is 9.27. The number of aromatic nitrogens is 1. The Balaban J connectivity index is 1.48. The first-order valence-electron chi connectivity index (χ1n) is 11.2. The van der Waals surface area contributed by atoms with Crippen molar-refractivity contribution in [2.75, 3.05) is 0 Å². The summed E-state index contributed by atoms with van der Waals surface area (Å²) in [5.41, 5.74) is 8.33. The van der Waals surface area contributed by atoms with E-state index in [1.807, 2.05) is 0 Å². The molecule has 0 spiro atoms. The molecule has 0 amide bonds. The Morgan fingerprint density at radius 2 is 1.83 bits per heavy atom. The number of hydrogen-bond acceptors (Lipinski definition) is 2. The maximum Gasteiger partial charge on any atom is 0.130 e. The number of allylic oxidation sites excluding steroid dienone is 2. The molecule has 30 heavy (non-hydrogen) atoms. The molecule has 0 bridgehead atoms. The second-order valence-corrected chi connectivity index (χ2v) is 9.27. The van der Waals surface area contributed by atoms with Crippen LogP contribution in [0.4, 0.5) is 0 Å². The van der Waals surface area contributed by atoms with Gasteiger partial charge >= 0.3 is 0 Å². The molecule has 7 rings (SSSR count). The molecule has 4 unspecified atom stereocenters. The highest BCUT2D eigenvalue weighted by molar-refractivity contribution is 5.82. The molecule has 5 aliphatic rings. The van der Waals surface area contributed by atoms with Gasteiger partial charge < -0.3 is 14.0 Å². The predicted molar refractivity (Wildman–Crippen MR) is 118 cm³/mol. The molecule has 0 radical (unpaired) electrons. The molecule has 150 valence electrons. The van der Waals surface area contributed by atoms with Crippen LogP contribution in [0.3, 0.4) is 0 Å². The quantitative estimate of drug-likeness (QED) is 0.610. The summed E-state index contributed by atoms with van der Waals surface area (Å²) in [5.74, 6) is 2.82. The van der Waals surface area contributed by atoms with Crippen molar-refractivity contribution in [1.29, 1.82) is 0 Å². The van der Waals surface area contributed by atoms with Gasteiger partial charge in [0.1, 0.15) is 23.7 Å². The lowest BCUT2D eigenvalue weighted by Gasteiger charge is -2.26. The lowest BCUT2D eigenvalue weighted by atomic mass is 9.82. The van der Waals surface area contributed by atoms with Gasteiger partial charge in [-0.2, -0.15) is 0 Å². The molecule has 3 heterocycles. The molecule has 1 aromatic carbocycles. The van der Waals surface area contributed by atoms with Crippen LogP contribution in [0, 0.1) is 5.92 Å². The normalized spacial score (nSPS) is 29.0. The predicted octanol–water partition coefficient (Wildman–Crippen LogP) is 5.79. The van der Waals surface area contributed by atoms with Crippen molar-refractivity contribution in [3.8, 4) is 5.75 Å². The minimum atomic E-state index is 0.0788. The maximum atomic E-state index is 6.60. The molecule has 0 saturated carbocycles. The maximum absolute atomic E-state index is 6.60. The lowest BCUT2D eigenvalue weighted by molar-refractivity contribution is 0.212. The van der Waals surface area contributed by atoms with Crippen molar-refractivity contribution in [2.24, 2.45) is 5.92 Å². The van der Waals surface area contributed by atoms with Crippen LogP contribution in [-0.2, 0) is 11.2 Å². The van der Waals surface area contributed by atoms with Gasteiger partial charge in [-0.15, -0.1) is 0 Å². The highest BCUT2D eigenvalue weighted by Crippen LogP contribution is 2.54. The first kappa shape index (κ1) is 16.8. The smallest absolute Gasteiger partial charge is 0.130 e. The molecule has 4 atom stereocenters. The van der Waals surface area contributed by atoms with Gasteiger partial charge in [-0.25, -0.2) is 0 Å². The van der Waals surface area contributed by atoms with Crippen LogP contribution in [-0.4, -0.2) is 16.8 Å². The number of fused-ring (bicyclic) bond motifs is 10. The number of hydrogen-bond donors (Lipinski definition) is 0. The van der Waals surface area contributed by atoms with Crippen molar-refractivity contribution in [1.82, 2.24) is 4.57 Å². The SMILES string of the molecule is CC(C)n1c2c(c3c1C1c4ccccc4OC1C=C3)C1=C(CC2)C2C=CC=CC2O1. The summed E-state index contributed by atoms with van der Waals surface area (Å²) in [6.45, 7) is 4.61. The van der Waals surface area contributed by atoms with E-state index in [0.717, 1.165) is 24.4 Å². The van der Waals surface area contributed by atoms with Crippen LogP contribution in [0.15, 0.2) is 60.2 Å². The molecular formula is C27H25NO2. The number of ether oxygens (including phenoxy) is 2. The van der Waals surface area contributed by atoms with Crippen LogP contribution < -0.4 is 4.74 Å². The van der Waals surface area contributed by atoms with Crippen LogP contribution in [0.1, 0.15) is 60.3 Å². The van der Waals surface area contributed by atoms with Crippen LogP contribution in [0.5, 0.6) is 5.75 Å². The van der Waals surface area contributed by atoms with Gasteiger partial charge in [0.15, 0.2) is 0 Å². The number of nitrogens with zero attached hydrogens (tertiary/aromatic N) is 1. The summed E-state index contributed by atoms with van der Waals surface area (Å²) in [6.07, 6.45) is 15.8. The zero-order chi connectivity index (χ0) is 20.0. The standard InChI is InChI=1S/C27H25NO2/c1-15(2)28-20-13-11-17-16-7-3-5-9-21(16)30-27(17)24(20)19-12-14-23-25(26(19)28)18-8-4-6-10-22(18)29-23/h3-10,12,14-16,21,23,25H,11,13H2,1-2H3. The summed E-state index contributed by atoms with van der Waals surface area (Å²) in [5, 5.41) is 0. The van der Waals surface area contributed by atoms with Gasteiger partial charge in [-0.05, 0) is 50.5 Å². The van der Waals surface area contributed by atoms with Crippen molar-refractivity contribution in [3.05, 3.63) is 88.3 Å². The number of para-hydroxylation sites is 1. The molecule has 3 nitrogen and oxygen atoms in total. The minimum absolute atomic E-state index is 0.0788. The van der Waals surface area contributed by atoms with E-state index in [4.69, 9.17) is 9.47 Å². The average molecular weight is 396 g/mol. The Labute approximate surface area is 177 Å². The summed E-state index contributed by atoms with van der Waals surface area (Å²) in [7, 11) is 0. The first-order valence-corrected chi connectivity index (χ1v) is 11.2. The third kappa shape index (κ3) is 2.01. The number of rotatable bonds is 1.